The number of nitrogens with zero attached hydrogens (tertiary/aromatic N) is 3. The Labute approximate surface area is 135 Å². The van der Waals surface area contributed by atoms with Crippen molar-refractivity contribution in [3.05, 3.63) is 57.2 Å². The molecule has 0 aliphatic rings. The molecule has 3 rings (SSSR count). The fourth-order valence-corrected chi connectivity index (χ4v) is 2.94. The van der Waals surface area contributed by atoms with Crippen LogP contribution in [-0.4, -0.2) is 19.6 Å². The van der Waals surface area contributed by atoms with Gasteiger partial charge < -0.3 is 9.67 Å². The molecule has 0 radical (unpaired) electrons. The third-order valence-electron chi connectivity index (χ3n) is 3.04. The summed E-state index contributed by atoms with van der Waals surface area (Å²) in [4.78, 5) is 8.46. The highest BCUT2D eigenvalue weighted by atomic mass is 35.5. The summed E-state index contributed by atoms with van der Waals surface area (Å²) in [7, 11) is 0. The fraction of sp³-hybridized carbons (Fsp3) is 0.0714. The second-order valence-electron chi connectivity index (χ2n) is 4.41. The maximum Gasteiger partial charge on any atom is 0.160 e. The number of phenols is 1. The van der Waals surface area contributed by atoms with E-state index < -0.39 is 0 Å². The maximum atomic E-state index is 9.97. The number of rotatable bonds is 2. The van der Waals surface area contributed by atoms with Crippen LogP contribution in [0, 0.1) is 4.64 Å². The Morgan fingerprint density at radius 3 is 2.71 bits per heavy atom. The summed E-state index contributed by atoms with van der Waals surface area (Å²) in [6, 6.07) is 7.10. The second kappa shape index (κ2) is 5.60. The number of aromatic nitrogens is 3. The van der Waals surface area contributed by atoms with Crippen LogP contribution in [0.5, 0.6) is 5.75 Å². The summed E-state index contributed by atoms with van der Waals surface area (Å²) >= 11 is 17.5. The summed E-state index contributed by atoms with van der Waals surface area (Å²) in [6.45, 7) is 0.475. The van der Waals surface area contributed by atoms with Crippen LogP contribution in [0.1, 0.15) is 5.69 Å². The summed E-state index contributed by atoms with van der Waals surface area (Å²) in [6.07, 6.45) is 3.26. The van der Waals surface area contributed by atoms with Gasteiger partial charge in [-0.1, -0.05) is 41.5 Å². The second-order valence-corrected chi connectivity index (χ2v) is 5.61. The van der Waals surface area contributed by atoms with Gasteiger partial charge in [-0.3, -0.25) is 4.98 Å². The topological polar surface area (TPSA) is 50.9 Å². The van der Waals surface area contributed by atoms with Crippen molar-refractivity contribution in [2.24, 2.45) is 0 Å². The highest BCUT2D eigenvalue weighted by Gasteiger charge is 2.13. The van der Waals surface area contributed by atoms with E-state index in [0.717, 1.165) is 5.69 Å². The highest BCUT2D eigenvalue weighted by molar-refractivity contribution is 7.71. The van der Waals surface area contributed by atoms with Crippen molar-refractivity contribution in [1.82, 2.24) is 14.5 Å². The molecule has 0 bridgehead atoms. The maximum absolute atomic E-state index is 9.97. The van der Waals surface area contributed by atoms with E-state index in [2.05, 4.69) is 9.97 Å². The van der Waals surface area contributed by atoms with E-state index in [1.807, 2.05) is 18.2 Å². The molecule has 4 nitrogen and oxygen atoms in total. The summed E-state index contributed by atoms with van der Waals surface area (Å²) < 4.78 is 2.22. The molecule has 106 valence electrons. The van der Waals surface area contributed by atoms with E-state index in [1.165, 1.54) is 6.07 Å². The molecule has 0 fully saturated rings. The van der Waals surface area contributed by atoms with E-state index in [0.29, 0.717) is 27.1 Å². The number of benzene rings is 1. The number of phenolic OH excluding ortho intramolecular Hbond substituents is 1. The van der Waals surface area contributed by atoms with Crippen LogP contribution < -0.4 is 0 Å². The van der Waals surface area contributed by atoms with Crippen LogP contribution >= 0.6 is 35.4 Å². The zero-order chi connectivity index (χ0) is 15.0. The van der Waals surface area contributed by atoms with Gasteiger partial charge in [0, 0.05) is 6.20 Å². The lowest BCUT2D eigenvalue weighted by Crippen LogP contribution is -2.05. The Kier molecular flexibility index (Phi) is 3.80. The predicted molar refractivity (Wildman–Crippen MR) is 85.6 cm³/mol. The first kappa shape index (κ1) is 14.3. The van der Waals surface area contributed by atoms with Crippen molar-refractivity contribution in [2.75, 3.05) is 0 Å². The van der Waals surface area contributed by atoms with Crippen LogP contribution in [0.4, 0.5) is 0 Å². The number of pyridine rings is 1. The van der Waals surface area contributed by atoms with Gasteiger partial charge in [-0.2, -0.15) is 0 Å². The number of aromatic hydroxyl groups is 1. The Morgan fingerprint density at radius 2 is 2.00 bits per heavy atom. The van der Waals surface area contributed by atoms with Crippen molar-refractivity contribution >= 4 is 46.3 Å². The number of halogens is 2. The molecule has 0 amide bonds. The highest BCUT2D eigenvalue weighted by Crippen LogP contribution is 2.36. The zero-order valence-corrected chi connectivity index (χ0v) is 13.0. The summed E-state index contributed by atoms with van der Waals surface area (Å²) in [5.74, 6) is -0.118. The third kappa shape index (κ3) is 2.60. The Bertz CT molecular complexity index is 881. The molecule has 3 aromatic rings. The first-order chi connectivity index (χ1) is 10.1. The smallest absolute Gasteiger partial charge is 0.160 e. The predicted octanol–water partition coefficient (Wildman–Crippen LogP) is 4.22. The third-order valence-corrected chi connectivity index (χ3v) is 4.06. The lowest BCUT2D eigenvalue weighted by atomic mass is 10.2. The molecule has 7 heteroatoms. The van der Waals surface area contributed by atoms with Gasteiger partial charge in [0.05, 0.1) is 34.0 Å². The van der Waals surface area contributed by atoms with E-state index >= 15 is 0 Å². The number of hydrogen-bond acceptors (Lipinski definition) is 4. The van der Waals surface area contributed by atoms with Crippen molar-refractivity contribution in [3.63, 3.8) is 0 Å². The number of fused-ring (bicyclic) bond motifs is 1. The minimum atomic E-state index is -0.118. The molecule has 21 heavy (non-hydrogen) atoms. The molecule has 0 unspecified atom stereocenters. The summed E-state index contributed by atoms with van der Waals surface area (Å²) in [5, 5.41) is 11.0. The van der Waals surface area contributed by atoms with Crippen molar-refractivity contribution in [3.8, 4) is 5.75 Å². The fourth-order valence-electron chi connectivity index (χ4n) is 2.03. The van der Waals surface area contributed by atoms with Crippen molar-refractivity contribution < 1.29 is 5.11 Å². The van der Waals surface area contributed by atoms with E-state index in [4.69, 9.17) is 35.4 Å². The van der Waals surface area contributed by atoms with Crippen LogP contribution in [0.2, 0.25) is 10.0 Å². The largest absolute Gasteiger partial charge is 0.504 e. The Morgan fingerprint density at radius 1 is 1.19 bits per heavy atom. The van der Waals surface area contributed by atoms with E-state index in [9.17, 15) is 5.11 Å². The molecular formula is C14H9Cl2N3OS. The molecule has 0 aliphatic carbocycles. The van der Waals surface area contributed by atoms with Crippen LogP contribution in [0.3, 0.4) is 0 Å². The first-order valence-corrected chi connectivity index (χ1v) is 7.20. The molecule has 0 atom stereocenters. The molecule has 1 aromatic carbocycles. The molecule has 0 aliphatic heterocycles. The van der Waals surface area contributed by atoms with Crippen LogP contribution in [0.25, 0.3) is 10.9 Å². The monoisotopic (exact) mass is 337 g/mol. The van der Waals surface area contributed by atoms with Gasteiger partial charge in [-0.15, -0.1) is 0 Å². The van der Waals surface area contributed by atoms with Crippen molar-refractivity contribution in [2.45, 2.75) is 6.54 Å². The average molecular weight is 338 g/mol. The van der Waals surface area contributed by atoms with Crippen molar-refractivity contribution in [1.29, 1.82) is 0 Å². The summed E-state index contributed by atoms with van der Waals surface area (Å²) in [5.41, 5.74) is 1.15. The SMILES string of the molecule is Oc1c(Cl)cc(Cl)c2c(=S)n(Cc3ccccn3)cnc12. The Hall–Kier alpha value is -1.69. The molecule has 0 saturated heterocycles. The van der Waals surface area contributed by atoms with Gasteiger partial charge in [0.25, 0.3) is 0 Å². The van der Waals surface area contributed by atoms with Gasteiger partial charge in [0.2, 0.25) is 0 Å². The molecule has 0 saturated carbocycles. The molecule has 2 heterocycles. The van der Waals surface area contributed by atoms with Gasteiger partial charge >= 0.3 is 0 Å². The van der Waals surface area contributed by atoms with Gasteiger partial charge in [0.15, 0.2) is 5.75 Å². The van der Waals surface area contributed by atoms with Crippen LogP contribution in [-0.2, 0) is 6.54 Å². The van der Waals surface area contributed by atoms with Gasteiger partial charge in [-0.25, -0.2) is 4.98 Å². The van der Waals surface area contributed by atoms with Gasteiger partial charge in [-0.05, 0) is 18.2 Å². The van der Waals surface area contributed by atoms with E-state index in [-0.39, 0.29) is 10.8 Å². The quantitative estimate of drug-likeness (QED) is 0.711. The normalized spacial score (nSPS) is 11.0. The zero-order valence-electron chi connectivity index (χ0n) is 10.6. The lowest BCUT2D eigenvalue weighted by molar-refractivity contribution is 0.480. The molecule has 0 spiro atoms. The minimum absolute atomic E-state index is 0.118. The molecule has 2 aromatic heterocycles. The van der Waals surface area contributed by atoms with E-state index in [1.54, 1.807) is 17.1 Å². The van der Waals surface area contributed by atoms with Crippen LogP contribution in [0.15, 0.2) is 36.8 Å². The van der Waals surface area contributed by atoms with Gasteiger partial charge in [0.1, 0.15) is 10.2 Å². The number of hydrogen-bond donors (Lipinski definition) is 1. The first-order valence-electron chi connectivity index (χ1n) is 6.04. The minimum Gasteiger partial charge on any atom is -0.504 e. The average Bonchev–Trinajstić information content (AvgIpc) is 2.48. The molecule has 1 N–H and O–H groups in total. The lowest BCUT2D eigenvalue weighted by Gasteiger charge is -2.10. The Balaban J connectivity index is 2.19. The molecular weight excluding hydrogens is 329 g/mol. The standard InChI is InChI=1S/C14H9Cl2N3OS/c15-9-5-10(16)13(20)12-11(9)14(21)19(7-18-12)6-8-3-1-2-4-17-8/h1-5,7,20H,6H2.